The molecule has 0 unspecified atom stereocenters. The Labute approximate surface area is 94.9 Å². The highest BCUT2D eigenvalue weighted by molar-refractivity contribution is 5.50. The quantitative estimate of drug-likeness (QED) is 0.565. The van der Waals surface area contributed by atoms with Crippen molar-refractivity contribution in [1.29, 1.82) is 0 Å². The molecule has 0 aliphatic rings. The fraction of sp³-hybridized carbons (Fsp3) is 0.417. The average molecular weight is 221 g/mol. The minimum Gasteiger partial charge on any atom is -0.496 e. The second kappa shape index (κ2) is 5.93. The predicted molar refractivity (Wildman–Crippen MR) is 60.7 cm³/mol. The van der Waals surface area contributed by atoms with E-state index >= 15 is 0 Å². The molecule has 0 atom stereocenters. The molecule has 0 N–H and O–H groups in total. The van der Waals surface area contributed by atoms with E-state index in [1.54, 1.807) is 14.2 Å². The molecule has 0 heterocycles. The van der Waals surface area contributed by atoms with Crippen molar-refractivity contribution in [3.8, 4) is 11.5 Å². The third kappa shape index (κ3) is 2.41. The van der Waals surface area contributed by atoms with Gasteiger partial charge in [-0.05, 0) is 18.6 Å². The van der Waals surface area contributed by atoms with Gasteiger partial charge in [0.15, 0.2) is 0 Å². The van der Waals surface area contributed by atoms with Gasteiger partial charge >= 0.3 is 0 Å². The minimum absolute atomic E-state index is 0.281. The molecule has 0 spiro atoms. The zero-order valence-corrected chi connectivity index (χ0v) is 9.74. The van der Waals surface area contributed by atoms with Gasteiger partial charge in [-0.2, -0.15) is 0 Å². The summed E-state index contributed by atoms with van der Waals surface area (Å²) in [5.74, 6) is 1.53. The number of hydrogen-bond donors (Lipinski definition) is 0. The summed E-state index contributed by atoms with van der Waals surface area (Å²) < 4.78 is 10.6. The van der Waals surface area contributed by atoms with Gasteiger partial charge in [0.05, 0.1) is 20.8 Å². The molecule has 0 saturated heterocycles. The second-order valence-corrected chi connectivity index (χ2v) is 3.20. The third-order valence-corrected chi connectivity index (χ3v) is 2.39. The fourth-order valence-corrected chi connectivity index (χ4v) is 1.68. The van der Waals surface area contributed by atoms with Crippen molar-refractivity contribution < 1.29 is 14.3 Å². The molecule has 0 fully saturated rings. The van der Waals surface area contributed by atoms with E-state index in [2.05, 4.69) is 4.99 Å². The highest BCUT2D eigenvalue weighted by atomic mass is 16.5. The van der Waals surface area contributed by atoms with Crippen molar-refractivity contribution >= 4 is 6.08 Å². The number of rotatable bonds is 5. The molecule has 1 aromatic carbocycles. The van der Waals surface area contributed by atoms with Crippen molar-refractivity contribution in [2.45, 2.75) is 19.9 Å². The number of hydrogen-bond acceptors (Lipinski definition) is 4. The van der Waals surface area contributed by atoms with E-state index in [1.807, 2.05) is 19.1 Å². The zero-order chi connectivity index (χ0) is 12.0. The molecule has 0 bridgehead atoms. The molecule has 0 amide bonds. The summed E-state index contributed by atoms with van der Waals surface area (Å²) in [6, 6.07) is 3.70. The van der Waals surface area contributed by atoms with Gasteiger partial charge < -0.3 is 9.47 Å². The summed E-state index contributed by atoms with van der Waals surface area (Å²) >= 11 is 0. The van der Waals surface area contributed by atoms with Crippen LogP contribution in [0.15, 0.2) is 17.1 Å². The fourth-order valence-electron chi connectivity index (χ4n) is 1.68. The molecular formula is C12H15NO3. The second-order valence-electron chi connectivity index (χ2n) is 3.20. The van der Waals surface area contributed by atoms with E-state index in [4.69, 9.17) is 9.47 Å². The van der Waals surface area contributed by atoms with Crippen molar-refractivity contribution in [1.82, 2.24) is 0 Å². The molecule has 0 aliphatic carbocycles. The summed E-state index contributed by atoms with van der Waals surface area (Å²) in [6.45, 7) is 2.30. The molecule has 0 aromatic heterocycles. The van der Waals surface area contributed by atoms with Gasteiger partial charge in [-0.1, -0.05) is 6.92 Å². The van der Waals surface area contributed by atoms with Gasteiger partial charge in [-0.25, -0.2) is 9.79 Å². The molecule has 4 nitrogen and oxygen atoms in total. The maximum absolute atomic E-state index is 10.1. The van der Waals surface area contributed by atoms with Gasteiger partial charge in [0.25, 0.3) is 0 Å². The Kier molecular flexibility index (Phi) is 4.55. The lowest BCUT2D eigenvalue weighted by molar-refractivity contribution is 0.383. The molecule has 1 rings (SSSR count). The molecule has 4 heteroatoms. The minimum atomic E-state index is 0.281. The van der Waals surface area contributed by atoms with E-state index < -0.39 is 0 Å². The molecule has 0 aliphatic heterocycles. The first kappa shape index (κ1) is 12.3. The van der Waals surface area contributed by atoms with E-state index in [-0.39, 0.29) is 6.54 Å². The van der Waals surface area contributed by atoms with Gasteiger partial charge in [0, 0.05) is 11.1 Å². The van der Waals surface area contributed by atoms with Crippen LogP contribution >= 0.6 is 0 Å². The SMILES string of the molecule is CCc1c(OC)ccc(CN=C=O)c1OC. The first-order valence-corrected chi connectivity index (χ1v) is 5.04. The Bertz CT molecular complexity index is 409. The molecule has 1 aromatic rings. The van der Waals surface area contributed by atoms with Crippen LogP contribution in [0.2, 0.25) is 0 Å². The van der Waals surface area contributed by atoms with Crippen LogP contribution in [0.4, 0.5) is 0 Å². The number of nitrogens with zero attached hydrogens (tertiary/aromatic N) is 1. The standard InChI is InChI=1S/C12H15NO3/c1-4-10-11(15-2)6-5-9(7-13-8-14)12(10)16-3/h5-6H,4,7H2,1-3H3. The average Bonchev–Trinajstić information content (AvgIpc) is 2.34. The van der Waals surface area contributed by atoms with Crippen molar-refractivity contribution in [3.05, 3.63) is 23.3 Å². The Morgan fingerprint density at radius 3 is 2.56 bits per heavy atom. The van der Waals surface area contributed by atoms with Crippen LogP contribution in [0.5, 0.6) is 11.5 Å². The van der Waals surface area contributed by atoms with Gasteiger partial charge in [0.1, 0.15) is 11.5 Å². The van der Waals surface area contributed by atoms with E-state index in [0.717, 1.165) is 29.0 Å². The van der Waals surface area contributed by atoms with Crippen LogP contribution in [0.1, 0.15) is 18.1 Å². The van der Waals surface area contributed by atoms with Crippen molar-refractivity contribution in [2.24, 2.45) is 4.99 Å². The van der Waals surface area contributed by atoms with Gasteiger partial charge in [0.2, 0.25) is 6.08 Å². The number of aliphatic imine (C=N–C) groups is 1. The molecule has 86 valence electrons. The van der Waals surface area contributed by atoms with Crippen LogP contribution in [0.25, 0.3) is 0 Å². The van der Waals surface area contributed by atoms with Gasteiger partial charge in [-0.3, -0.25) is 0 Å². The van der Waals surface area contributed by atoms with Crippen LogP contribution in [-0.4, -0.2) is 20.3 Å². The molecule has 0 radical (unpaired) electrons. The number of carbonyl (C=O) groups excluding carboxylic acids is 1. The van der Waals surface area contributed by atoms with E-state index in [0.29, 0.717) is 0 Å². The van der Waals surface area contributed by atoms with Crippen molar-refractivity contribution in [2.75, 3.05) is 14.2 Å². The lowest BCUT2D eigenvalue weighted by Crippen LogP contribution is -1.99. The summed E-state index contributed by atoms with van der Waals surface area (Å²) in [7, 11) is 3.22. The number of ether oxygens (including phenoxy) is 2. The summed E-state index contributed by atoms with van der Waals surface area (Å²) in [6.07, 6.45) is 2.32. The lowest BCUT2D eigenvalue weighted by atomic mass is 10.1. The van der Waals surface area contributed by atoms with Crippen LogP contribution < -0.4 is 9.47 Å². The Balaban J connectivity index is 3.24. The smallest absolute Gasteiger partial charge is 0.235 e. The topological polar surface area (TPSA) is 47.9 Å². The monoisotopic (exact) mass is 221 g/mol. The Hall–Kier alpha value is -1.80. The van der Waals surface area contributed by atoms with Crippen LogP contribution in [0, 0.1) is 0 Å². The summed E-state index contributed by atoms with van der Waals surface area (Å²) in [4.78, 5) is 13.7. The largest absolute Gasteiger partial charge is 0.496 e. The number of benzene rings is 1. The lowest BCUT2D eigenvalue weighted by Gasteiger charge is -2.14. The third-order valence-electron chi connectivity index (χ3n) is 2.39. The molecular weight excluding hydrogens is 206 g/mol. The molecule has 16 heavy (non-hydrogen) atoms. The first-order valence-electron chi connectivity index (χ1n) is 5.04. The van der Waals surface area contributed by atoms with E-state index in [1.165, 1.54) is 6.08 Å². The summed E-state index contributed by atoms with van der Waals surface area (Å²) in [5, 5.41) is 0. The number of methoxy groups -OCH3 is 2. The van der Waals surface area contributed by atoms with Crippen molar-refractivity contribution in [3.63, 3.8) is 0 Å². The van der Waals surface area contributed by atoms with E-state index in [9.17, 15) is 4.79 Å². The number of isocyanates is 1. The van der Waals surface area contributed by atoms with Crippen LogP contribution in [0.3, 0.4) is 0 Å². The normalized spacial score (nSPS) is 9.44. The van der Waals surface area contributed by atoms with Crippen LogP contribution in [-0.2, 0) is 17.8 Å². The Morgan fingerprint density at radius 1 is 1.31 bits per heavy atom. The molecule has 0 saturated carbocycles. The maximum atomic E-state index is 10.1. The zero-order valence-electron chi connectivity index (χ0n) is 9.74. The first-order chi connectivity index (χ1) is 7.78. The van der Waals surface area contributed by atoms with Gasteiger partial charge in [-0.15, -0.1) is 0 Å². The predicted octanol–water partition coefficient (Wildman–Crippen LogP) is 2.10. The highest BCUT2D eigenvalue weighted by Crippen LogP contribution is 2.32. The maximum Gasteiger partial charge on any atom is 0.235 e. The highest BCUT2D eigenvalue weighted by Gasteiger charge is 2.12. The Morgan fingerprint density at radius 2 is 2.06 bits per heavy atom. The summed E-state index contributed by atoms with van der Waals surface area (Å²) in [5.41, 5.74) is 1.85.